The summed E-state index contributed by atoms with van der Waals surface area (Å²) in [5.74, 6) is -0.440. The van der Waals surface area contributed by atoms with E-state index in [2.05, 4.69) is 10.4 Å². The first-order valence-corrected chi connectivity index (χ1v) is 8.05. The first-order valence-electron chi connectivity index (χ1n) is 8.05. The highest BCUT2D eigenvalue weighted by atomic mass is 19.1. The van der Waals surface area contributed by atoms with Crippen LogP contribution in [0.3, 0.4) is 0 Å². The van der Waals surface area contributed by atoms with Crippen molar-refractivity contribution in [2.24, 2.45) is 0 Å². The van der Waals surface area contributed by atoms with Gasteiger partial charge in [0.1, 0.15) is 17.8 Å². The molecule has 0 saturated carbocycles. The van der Waals surface area contributed by atoms with Crippen molar-refractivity contribution in [2.75, 3.05) is 11.9 Å². The fraction of sp³-hybridized carbons (Fsp3) is 0.688. The average Bonchev–Trinajstić information content (AvgIpc) is 3.03. The van der Waals surface area contributed by atoms with E-state index >= 15 is 0 Å². The van der Waals surface area contributed by atoms with E-state index in [-0.39, 0.29) is 19.0 Å². The van der Waals surface area contributed by atoms with Crippen molar-refractivity contribution in [3.63, 3.8) is 0 Å². The number of anilines is 1. The van der Waals surface area contributed by atoms with Gasteiger partial charge in [-0.25, -0.2) is 9.18 Å². The van der Waals surface area contributed by atoms with Crippen LogP contribution in [0.1, 0.15) is 47.1 Å². The normalized spacial score (nSPS) is 21.2. The first-order chi connectivity index (χ1) is 11.1. The molecule has 1 saturated heterocycles. The van der Waals surface area contributed by atoms with Crippen molar-refractivity contribution in [2.45, 2.75) is 64.9 Å². The van der Waals surface area contributed by atoms with E-state index in [1.165, 1.54) is 6.20 Å². The molecule has 0 radical (unpaired) electrons. The summed E-state index contributed by atoms with van der Waals surface area (Å²) >= 11 is 0. The van der Waals surface area contributed by atoms with Gasteiger partial charge in [0.15, 0.2) is 0 Å². The number of halogens is 1. The Labute approximate surface area is 141 Å². The Morgan fingerprint density at radius 3 is 2.62 bits per heavy atom. The lowest BCUT2D eigenvalue weighted by atomic mass is 10.2. The average molecular weight is 340 g/mol. The number of carbonyl (C=O) groups is 2. The zero-order valence-corrected chi connectivity index (χ0v) is 14.7. The minimum absolute atomic E-state index is 0.0383. The molecule has 1 fully saturated rings. The maximum atomic E-state index is 13.8. The van der Waals surface area contributed by atoms with Crippen LogP contribution in [0.2, 0.25) is 0 Å². The Morgan fingerprint density at radius 1 is 1.42 bits per heavy atom. The number of carbonyl (C=O) groups excluding carboxylic acids is 2. The van der Waals surface area contributed by atoms with E-state index in [4.69, 9.17) is 4.74 Å². The summed E-state index contributed by atoms with van der Waals surface area (Å²) in [5, 5.41) is 6.82. The van der Waals surface area contributed by atoms with Gasteiger partial charge in [0.05, 0.1) is 18.4 Å². The molecule has 1 aliphatic heterocycles. The number of likely N-dealkylation sites (tertiary alicyclic amines) is 1. The van der Waals surface area contributed by atoms with Crippen LogP contribution in [-0.4, -0.2) is 51.0 Å². The van der Waals surface area contributed by atoms with Crippen LogP contribution >= 0.6 is 0 Å². The van der Waals surface area contributed by atoms with E-state index in [9.17, 15) is 14.0 Å². The van der Waals surface area contributed by atoms with Crippen molar-refractivity contribution in [3.05, 3.63) is 12.4 Å². The molecule has 2 amide bonds. The molecule has 1 aromatic heterocycles. The molecule has 1 aromatic rings. The number of amides is 2. The zero-order chi connectivity index (χ0) is 18.1. The summed E-state index contributed by atoms with van der Waals surface area (Å²) < 4.78 is 20.7. The Kier molecular flexibility index (Phi) is 5.15. The lowest BCUT2D eigenvalue weighted by Crippen LogP contribution is -2.45. The zero-order valence-electron chi connectivity index (χ0n) is 14.7. The van der Waals surface area contributed by atoms with Crippen LogP contribution in [0.25, 0.3) is 0 Å². The van der Waals surface area contributed by atoms with Gasteiger partial charge < -0.3 is 10.1 Å². The molecule has 1 N–H and O–H groups in total. The second-order valence-corrected chi connectivity index (χ2v) is 7.27. The first kappa shape index (κ1) is 18.2. The Hall–Kier alpha value is -2.12. The second kappa shape index (κ2) is 6.78. The van der Waals surface area contributed by atoms with E-state index in [1.54, 1.807) is 31.6 Å². The summed E-state index contributed by atoms with van der Waals surface area (Å²) in [6.45, 7) is 8.97. The quantitative estimate of drug-likeness (QED) is 0.918. The number of nitrogens with zero attached hydrogens (tertiary/aromatic N) is 3. The molecule has 2 rings (SSSR count). The van der Waals surface area contributed by atoms with Gasteiger partial charge in [0.25, 0.3) is 0 Å². The summed E-state index contributed by atoms with van der Waals surface area (Å²) in [4.78, 5) is 25.8. The van der Waals surface area contributed by atoms with Gasteiger partial charge in [-0.05, 0) is 34.6 Å². The number of rotatable bonds is 3. The Bertz CT molecular complexity index is 609. The largest absolute Gasteiger partial charge is 0.444 e. The number of hydrogen-bond donors (Lipinski definition) is 1. The summed E-state index contributed by atoms with van der Waals surface area (Å²) in [7, 11) is 0. The fourth-order valence-electron chi connectivity index (χ4n) is 2.47. The number of ether oxygens (including phenoxy) is 1. The molecule has 2 heterocycles. The van der Waals surface area contributed by atoms with E-state index in [1.807, 2.05) is 13.8 Å². The molecule has 0 bridgehead atoms. The molecule has 1 aliphatic rings. The van der Waals surface area contributed by atoms with Crippen molar-refractivity contribution in [3.8, 4) is 0 Å². The van der Waals surface area contributed by atoms with Crippen molar-refractivity contribution in [1.29, 1.82) is 0 Å². The molecule has 0 aliphatic carbocycles. The molecule has 8 heteroatoms. The minimum atomic E-state index is -1.24. The van der Waals surface area contributed by atoms with Crippen LogP contribution in [-0.2, 0) is 9.53 Å². The third-order valence-electron chi connectivity index (χ3n) is 3.58. The van der Waals surface area contributed by atoms with E-state index in [0.717, 1.165) is 4.90 Å². The Balaban J connectivity index is 2.06. The van der Waals surface area contributed by atoms with Crippen molar-refractivity contribution in [1.82, 2.24) is 14.7 Å². The predicted octanol–water partition coefficient (Wildman–Crippen LogP) is 2.75. The highest BCUT2D eigenvalue weighted by molar-refractivity contribution is 5.96. The van der Waals surface area contributed by atoms with Gasteiger partial charge in [-0.15, -0.1) is 0 Å². The molecule has 0 aromatic carbocycles. The van der Waals surface area contributed by atoms with Gasteiger partial charge in [0.2, 0.25) is 5.91 Å². The Morgan fingerprint density at radius 2 is 2.08 bits per heavy atom. The molecule has 0 spiro atoms. The number of hydrogen-bond acceptors (Lipinski definition) is 4. The van der Waals surface area contributed by atoms with Crippen LogP contribution in [0, 0.1) is 0 Å². The fourth-order valence-corrected chi connectivity index (χ4v) is 2.47. The highest BCUT2D eigenvalue weighted by Crippen LogP contribution is 2.24. The highest BCUT2D eigenvalue weighted by Gasteiger charge is 2.41. The van der Waals surface area contributed by atoms with Crippen molar-refractivity contribution >= 4 is 17.7 Å². The van der Waals surface area contributed by atoms with Crippen LogP contribution < -0.4 is 5.32 Å². The third-order valence-corrected chi connectivity index (χ3v) is 3.58. The molecular formula is C16H25FN4O3. The van der Waals surface area contributed by atoms with Crippen molar-refractivity contribution < 1.29 is 18.7 Å². The number of aromatic nitrogens is 2. The van der Waals surface area contributed by atoms with Gasteiger partial charge >= 0.3 is 6.09 Å². The van der Waals surface area contributed by atoms with Crippen LogP contribution in [0.4, 0.5) is 14.9 Å². The van der Waals surface area contributed by atoms with Crippen LogP contribution in [0.5, 0.6) is 0 Å². The third kappa shape index (κ3) is 4.46. The standard InChI is InChI=1S/C16H25FN4O3/c1-10(2)21-9-12(7-18-21)19-14(22)13-6-11(17)8-20(13)15(23)24-16(3,4)5/h7,9-11,13H,6,8H2,1-5H3,(H,19,22). The van der Waals surface area contributed by atoms with Gasteiger partial charge in [-0.2, -0.15) is 5.10 Å². The summed E-state index contributed by atoms with van der Waals surface area (Å²) in [6, 6.07) is -0.729. The summed E-state index contributed by atoms with van der Waals surface area (Å²) in [6.07, 6.45) is 1.26. The lowest BCUT2D eigenvalue weighted by Gasteiger charge is -2.27. The molecule has 2 unspecified atom stereocenters. The predicted molar refractivity (Wildman–Crippen MR) is 87.5 cm³/mol. The number of alkyl halides is 1. The molecule has 2 atom stereocenters. The maximum Gasteiger partial charge on any atom is 0.411 e. The molecular weight excluding hydrogens is 315 g/mol. The van der Waals surface area contributed by atoms with Gasteiger partial charge in [-0.1, -0.05) is 0 Å². The molecule has 24 heavy (non-hydrogen) atoms. The molecule has 7 nitrogen and oxygen atoms in total. The number of nitrogens with one attached hydrogen (secondary N) is 1. The smallest absolute Gasteiger partial charge is 0.411 e. The van der Waals surface area contributed by atoms with E-state index < -0.39 is 29.8 Å². The topological polar surface area (TPSA) is 76.5 Å². The monoisotopic (exact) mass is 340 g/mol. The second-order valence-electron chi connectivity index (χ2n) is 7.27. The summed E-state index contributed by atoms with van der Waals surface area (Å²) in [5.41, 5.74) is -0.189. The van der Waals surface area contributed by atoms with Gasteiger partial charge in [0, 0.05) is 18.7 Å². The minimum Gasteiger partial charge on any atom is -0.444 e. The lowest BCUT2D eigenvalue weighted by molar-refractivity contribution is -0.120. The van der Waals surface area contributed by atoms with Crippen LogP contribution in [0.15, 0.2) is 12.4 Å². The molecule has 134 valence electrons. The van der Waals surface area contributed by atoms with Gasteiger partial charge in [-0.3, -0.25) is 14.4 Å². The SMILES string of the molecule is CC(C)n1cc(NC(=O)C2CC(F)CN2C(=O)OC(C)(C)C)cn1. The van der Waals surface area contributed by atoms with E-state index in [0.29, 0.717) is 5.69 Å². The maximum absolute atomic E-state index is 13.8.